The molecular formula is C15H18Cl3NO5. The Labute approximate surface area is 155 Å². The molecule has 9 heteroatoms. The average Bonchev–Trinajstić information content (AvgIpc) is 2.53. The van der Waals surface area contributed by atoms with E-state index in [1.165, 1.54) is 7.11 Å². The maximum Gasteiger partial charge on any atom is 0.328 e. The van der Waals surface area contributed by atoms with E-state index in [2.05, 4.69) is 5.32 Å². The molecule has 0 aliphatic heterocycles. The highest BCUT2D eigenvalue weighted by molar-refractivity contribution is 6.76. The number of carboxylic acids is 1. The van der Waals surface area contributed by atoms with Gasteiger partial charge in [-0.2, -0.15) is 0 Å². The highest BCUT2D eigenvalue weighted by Crippen LogP contribution is 2.26. The van der Waals surface area contributed by atoms with Gasteiger partial charge in [-0.05, 0) is 18.4 Å². The third-order valence-corrected chi connectivity index (χ3v) is 3.66. The molecule has 1 amide bonds. The molecular weight excluding hydrogens is 381 g/mol. The Bertz CT molecular complexity index is 536. The Morgan fingerprint density at radius 1 is 1.25 bits per heavy atom. The molecule has 1 aromatic carbocycles. The number of methoxy groups -OCH3 is 1. The van der Waals surface area contributed by atoms with Crippen molar-refractivity contribution >= 4 is 46.7 Å². The SMILES string of the molecule is COCO[C@@H](CCc1ccccc1)[C@H](NC(=O)C(Cl)(Cl)Cl)C(=O)O. The van der Waals surface area contributed by atoms with Gasteiger partial charge in [-0.3, -0.25) is 4.79 Å². The van der Waals surface area contributed by atoms with Gasteiger partial charge in [-0.15, -0.1) is 0 Å². The van der Waals surface area contributed by atoms with Crippen molar-refractivity contribution in [3.63, 3.8) is 0 Å². The highest BCUT2D eigenvalue weighted by Gasteiger charge is 2.37. The maximum absolute atomic E-state index is 11.8. The van der Waals surface area contributed by atoms with E-state index in [1.54, 1.807) is 0 Å². The predicted molar refractivity (Wildman–Crippen MR) is 91.4 cm³/mol. The largest absolute Gasteiger partial charge is 0.480 e. The quantitative estimate of drug-likeness (QED) is 0.493. The minimum Gasteiger partial charge on any atom is -0.480 e. The van der Waals surface area contributed by atoms with E-state index in [9.17, 15) is 14.7 Å². The molecule has 0 heterocycles. The number of hydrogen-bond acceptors (Lipinski definition) is 4. The fourth-order valence-corrected chi connectivity index (χ4v) is 2.16. The second-order valence-electron chi connectivity index (χ2n) is 4.92. The Morgan fingerprint density at radius 3 is 2.38 bits per heavy atom. The monoisotopic (exact) mass is 397 g/mol. The standard InChI is InChI=1S/C15H18Cl3NO5/c1-23-9-24-11(8-7-10-5-3-2-4-6-10)12(13(20)21)19-14(22)15(16,17)18/h2-6,11-12H,7-9H2,1H3,(H,19,22)(H,20,21)/t11-,12-/m0/s1. The summed E-state index contributed by atoms with van der Waals surface area (Å²) in [6, 6.07) is 8.06. The number of carboxylic acid groups (broad SMARTS) is 1. The topological polar surface area (TPSA) is 84.9 Å². The molecule has 2 atom stereocenters. The maximum atomic E-state index is 11.8. The molecule has 0 unspecified atom stereocenters. The van der Waals surface area contributed by atoms with Crippen LogP contribution in [0.15, 0.2) is 30.3 Å². The summed E-state index contributed by atoms with van der Waals surface area (Å²) in [6.07, 6.45) is 0.00609. The lowest BCUT2D eigenvalue weighted by Crippen LogP contribution is -2.53. The highest BCUT2D eigenvalue weighted by atomic mass is 35.6. The number of carbonyl (C=O) groups excluding carboxylic acids is 1. The second kappa shape index (κ2) is 10.1. The summed E-state index contributed by atoms with van der Waals surface area (Å²) in [6.45, 7) is -0.132. The molecule has 1 aromatic rings. The molecule has 0 spiro atoms. The molecule has 0 saturated carbocycles. The van der Waals surface area contributed by atoms with Gasteiger partial charge >= 0.3 is 5.97 Å². The molecule has 0 saturated heterocycles. The van der Waals surface area contributed by atoms with Crippen molar-refractivity contribution in [2.45, 2.75) is 28.8 Å². The van der Waals surface area contributed by atoms with E-state index in [1.807, 2.05) is 30.3 Å². The Hall–Kier alpha value is -1.05. The number of aliphatic carboxylic acids is 1. The van der Waals surface area contributed by atoms with Crippen LogP contribution in [0.5, 0.6) is 0 Å². The van der Waals surface area contributed by atoms with Crippen LogP contribution in [-0.4, -0.2) is 46.8 Å². The number of nitrogens with one attached hydrogen (secondary N) is 1. The van der Waals surface area contributed by atoms with E-state index in [-0.39, 0.29) is 6.79 Å². The number of hydrogen-bond donors (Lipinski definition) is 2. The summed E-state index contributed by atoms with van der Waals surface area (Å²) < 4.78 is 7.96. The molecule has 6 nitrogen and oxygen atoms in total. The van der Waals surface area contributed by atoms with Crippen LogP contribution < -0.4 is 5.32 Å². The van der Waals surface area contributed by atoms with Crippen molar-refractivity contribution in [3.05, 3.63) is 35.9 Å². The Balaban J connectivity index is 2.83. The summed E-state index contributed by atoms with van der Waals surface area (Å²) in [4.78, 5) is 23.3. The van der Waals surface area contributed by atoms with Crippen LogP contribution in [0.25, 0.3) is 0 Å². The van der Waals surface area contributed by atoms with Gasteiger partial charge in [0, 0.05) is 7.11 Å². The lowest BCUT2D eigenvalue weighted by atomic mass is 10.0. The minimum atomic E-state index is -2.26. The second-order valence-corrected chi connectivity index (χ2v) is 7.20. The smallest absolute Gasteiger partial charge is 0.328 e. The van der Waals surface area contributed by atoms with Crippen LogP contribution in [0.1, 0.15) is 12.0 Å². The summed E-state index contributed by atoms with van der Waals surface area (Å²) in [5.41, 5.74) is 1.00. The van der Waals surface area contributed by atoms with E-state index in [0.29, 0.717) is 12.8 Å². The predicted octanol–water partition coefficient (Wildman–Crippen LogP) is 2.55. The third-order valence-electron chi connectivity index (χ3n) is 3.14. The van der Waals surface area contributed by atoms with Crippen LogP contribution in [0.3, 0.4) is 0 Å². The van der Waals surface area contributed by atoms with Crippen molar-refractivity contribution in [3.8, 4) is 0 Å². The van der Waals surface area contributed by atoms with Crippen molar-refractivity contribution in [2.75, 3.05) is 13.9 Å². The number of halogens is 3. The van der Waals surface area contributed by atoms with Gasteiger partial charge in [-0.25, -0.2) is 4.79 Å². The molecule has 2 N–H and O–H groups in total. The molecule has 0 aromatic heterocycles. The van der Waals surface area contributed by atoms with Crippen LogP contribution >= 0.6 is 34.8 Å². The molecule has 0 aliphatic rings. The number of benzene rings is 1. The summed E-state index contributed by atoms with van der Waals surface area (Å²) in [7, 11) is 1.41. The van der Waals surface area contributed by atoms with Gasteiger partial charge in [0.15, 0.2) is 6.04 Å². The molecule has 1 rings (SSSR count). The first-order chi connectivity index (χ1) is 11.3. The fourth-order valence-electron chi connectivity index (χ4n) is 1.99. The first-order valence-corrected chi connectivity index (χ1v) is 8.14. The Morgan fingerprint density at radius 2 is 1.88 bits per heavy atom. The van der Waals surface area contributed by atoms with Crippen LogP contribution in [0, 0.1) is 0 Å². The molecule has 0 aliphatic carbocycles. The Kier molecular flexibility index (Phi) is 8.80. The fraction of sp³-hybridized carbons (Fsp3) is 0.467. The van der Waals surface area contributed by atoms with Crippen molar-refractivity contribution in [2.24, 2.45) is 0 Å². The lowest BCUT2D eigenvalue weighted by molar-refractivity contribution is -0.151. The summed E-state index contributed by atoms with van der Waals surface area (Å²) >= 11 is 16.4. The van der Waals surface area contributed by atoms with Crippen LogP contribution in [0.2, 0.25) is 0 Å². The van der Waals surface area contributed by atoms with Gasteiger partial charge in [-0.1, -0.05) is 65.1 Å². The van der Waals surface area contributed by atoms with E-state index >= 15 is 0 Å². The van der Waals surface area contributed by atoms with E-state index in [4.69, 9.17) is 44.3 Å². The molecule has 0 fully saturated rings. The molecule has 24 heavy (non-hydrogen) atoms. The first-order valence-electron chi connectivity index (χ1n) is 7.00. The zero-order valence-corrected chi connectivity index (χ0v) is 15.1. The number of aryl methyl sites for hydroxylation is 1. The average molecular weight is 399 g/mol. The van der Waals surface area contributed by atoms with Gasteiger partial charge in [0.25, 0.3) is 9.70 Å². The zero-order chi connectivity index (χ0) is 18.2. The van der Waals surface area contributed by atoms with E-state index in [0.717, 1.165) is 5.56 Å². The van der Waals surface area contributed by atoms with Crippen LogP contribution in [-0.2, 0) is 25.5 Å². The van der Waals surface area contributed by atoms with Gasteiger partial charge < -0.3 is 19.9 Å². The molecule has 0 radical (unpaired) electrons. The zero-order valence-electron chi connectivity index (χ0n) is 12.9. The first kappa shape index (κ1) is 21.0. The van der Waals surface area contributed by atoms with Gasteiger partial charge in [0.05, 0.1) is 6.10 Å². The lowest BCUT2D eigenvalue weighted by Gasteiger charge is -2.26. The van der Waals surface area contributed by atoms with Crippen LogP contribution in [0.4, 0.5) is 0 Å². The van der Waals surface area contributed by atoms with Crippen molar-refractivity contribution in [1.29, 1.82) is 0 Å². The number of amides is 1. The van der Waals surface area contributed by atoms with Crippen molar-refractivity contribution in [1.82, 2.24) is 5.32 Å². The number of rotatable bonds is 9. The number of ether oxygens (including phenoxy) is 2. The van der Waals surface area contributed by atoms with Gasteiger partial charge in [0.1, 0.15) is 6.79 Å². The third kappa shape index (κ3) is 7.23. The number of carbonyl (C=O) groups is 2. The normalized spacial score (nSPS) is 14.0. The van der Waals surface area contributed by atoms with E-state index < -0.39 is 27.8 Å². The summed E-state index contributed by atoms with van der Waals surface area (Å²) in [5.74, 6) is -2.34. The minimum absolute atomic E-state index is 0.132. The van der Waals surface area contributed by atoms with Crippen molar-refractivity contribution < 1.29 is 24.2 Å². The molecule has 134 valence electrons. The van der Waals surface area contributed by atoms with Gasteiger partial charge in [0.2, 0.25) is 0 Å². The number of alkyl halides is 3. The molecule has 0 bridgehead atoms. The summed E-state index contributed by atoms with van der Waals surface area (Å²) in [5, 5.41) is 11.6.